The molecule has 0 aliphatic heterocycles. The molecule has 106 valence electrons. The molecule has 0 aliphatic rings. The second kappa shape index (κ2) is 7.51. The van der Waals surface area contributed by atoms with Crippen LogP contribution < -0.4 is 10.6 Å². The highest BCUT2D eigenvalue weighted by atomic mass is 35.5. The summed E-state index contributed by atoms with van der Waals surface area (Å²) in [5, 5.41) is 6.97. The van der Waals surface area contributed by atoms with Crippen molar-refractivity contribution >= 4 is 17.5 Å². The fraction of sp³-hybridized carbons (Fsp3) is 0.533. The summed E-state index contributed by atoms with van der Waals surface area (Å²) in [5.41, 5.74) is 0.809. The number of carbonyl (C=O) groups is 1. The molecule has 1 aromatic rings. The van der Waals surface area contributed by atoms with Gasteiger partial charge in [0, 0.05) is 22.7 Å². The third kappa shape index (κ3) is 7.19. The predicted octanol–water partition coefficient (Wildman–Crippen LogP) is 3.24. The number of benzene rings is 1. The maximum absolute atomic E-state index is 11.8. The first kappa shape index (κ1) is 16.0. The molecule has 1 rings (SSSR count). The van der Waals surface area contributed by atoms with Gasteiger partial charge in [-0.25, -0.2) is 0 Å². The second-order valence-electron chi connectivity index (χ2n) is 5.65. The Hall–Kier alpha value is -1.06. The average molecular weight is 283 g/mol. The normalized spacial score (nSPS) is 11.4. The molecule has 0 aliphatic carbocycles. The maximum Gasteiger partial charge on any atom is 0.251 e. The largest absolute Gasteiger partial charge is 0.352 e. The van der Waals surface area contributed by atoms with E-state index in [-0.39, 0.29) is 11.4 Å². The van der Waals surface area contributed by atoms with Crippen LogP contribution in [0.1, 0.15) is 44.0 Å². The van der Waals surface area contributed by atoms with Crippen molar-refractivity contribution in [3.05, 3.63) is 34.9 Å². The van der Waals surface area contributed by atoms with Crippen LogP contribution in [0.2, 0.25) is 5.02 Å². The van der Waals surface area contributed by atoms with Gasteiger partial charge in [-0.3, -0.25) is 4.79 Å². The minimum atomic E-state index is -0.0413. The molecule has 3 nitrogen and oxygen atoms in total. The quantitative estimate of drug-likeness (QED) is 0.787. The standard InChI is InChI=1S/C15H23ClN2O/c1-15(2,3)18-11-5-4-10-17-14(19)12-6-8-13(16)9-7-12/h6-9,18H,4-5,10-11H2,1-3H3,(H,17,19). The van der Waals surface area contributed by atoms with Crippen LogP contribution in [0.4, 0.5) is 0 Å². The number of nitrogens with one attached hydrogen (secondary N) is 2. The molecule has 0 heterocycles. The highest BCUT2D eigenvalue weighted by Gasteiger charge is 2.07. The maximum atomic E-state index is 11.8. The SMILES string of the molecule is CC(C)(C)NCCCCNC(=O)c1ccc(Cl)cc1. The minimum absolute atomic E-state index is 0.0413. The lowest BCUT2D eigenvalue weighted by Crippen LogP contribution is -2.36. The summed E-state index contributed by atoms with van der Waals surface area (Å²) in [4.78, 5) is 11.8. The van der Waals surface area contributed by atoms with Gasteiger partial charge in [-0.2, -0.15) is 0 Å². The summed E-state index contributed by atoms with van der Waals surface area (Å²) in [6.45, 7) is 8.12. The molecule has 0 atom stereocenters. The van der Waals surface area contributed by atoms with Crippen LogP contribution in [0.5, 0.6) is 0 Å². The Bertz CT molecular complexity index is 396. The zero-order valence-corrected chi connectivity index (χ0v) is 12.7. The summed E-state index contributed by atoms with van der Waals surface area (Å²) in [7, 11) is 0. The van der Waals surface area contributed by atoms with Gasteiger partial charge in [-0.1, -0.05) is 11.6 Å². The monoisotopic (exact) mass is 282 g/mol. The number of rotatable bonds is 6. The summed E-state index contributed by atoms with van der Waals surface area (Å²) >= 11 is 5.78. The third-order valence-corrected chi connectivity index (χ3v) is 2.90. The van der Waals surface area contributed by atoms with Crippen molar-refractivity contribution in [2.24, 2.45) is 0 Å². The molecule has 0 saturated heterocycles. The molecule has 0 aromatic heterocycles. The lowest BCUT2D eigenvalue weighted by atomic mass is 10.1. The van der Waals surface area contributed by atoms with Gasteiger partial charge in [0.1, 0.15) is 0 Å². The number of carbonyl (C=O) groups excluding carboxylic acids is 1. The van der Waals surface area contributed by atoms with Gasteiger partial charge in [0.05, 0.1) is 0 Å². The van der Waals surface area contributed by atoms with E-state index in [0.29, 0.717) is 17.1 Å². The zero-order valence-electron chi connectivity index (χ0n) is 11.9. The first-order valence-corrected chi connectivity index (χ1v) is 7.05. The Morgan fingerprint density at radius 3 is 2.26 bits per heavy atom. The summed E-state index contributed by atoms with van der Waals surface area (Å²) in [5.74, 6) is -0.0413. The van der Waals surface area contributed by atoms with E-state index in [4.69, 9.17) is 11.6 Å². The first-order valence-electron chi connectivity index (χ1n) is 6.67. The van der Waals surface area contributed by atoms with Crippen LogP contribution in [0.25, 0.3) is 0 Å². The van der Waals surface area contributed by atoms with Crippen LogP contribution in [0.15, 0.2) is 24.3 Å². The molecule has 0 spiro atoms. The smallest absolute Gasteiger partial charge is 0.251 e. The van der Waals surface area contributed by atoms with E-state index >= 15 is 0 Å². The van der Waals surface area contributed by atoms with Crippen molar-refractivity contribution < 1.29 is 4.79 Å². The Labute approximate surface area is 120 Å². The van der Waals surface area contributed by atoms with Crippen LogP contribution in [0.3, 0.4) is 0 Å². The number of hydrogen-bond acceptors (Lipinski definition) is 2. The molecule has 2 N–H and O–H groups in total. The van der Waals surface area contributed by atoms with Gasteiger partial charge in [-0.05, 0) is 64.4 Å². The summed E-state index contributed by atoms with van der Waals surface area (Å²) < 4.78 is 0. The number of halogens is 1. The molecular formula is C15H23ClN2O. The molecule has 1 aromatic carbocycles. The number of hydrogen-bond donors (Lipinski definition) is 2. The van der Waals surface area contributed by atoms with Gasteiger partial charge in [0.15, 0.2) is 0 Å². The molecule has 0 bridgehead atoms. The van der Waals surface area contributed by atoms with E-state index in [1.165, 1.54) is 0 Å². The van der Waals surface area contributed by atoms with Crippen molar-refractivity contribution in [3.63, 3.8) is 0 Å². The van der Waals surface area contributed by atoms with Gasteiger partial charge in [-0.15, -0.1) is 0 Å². The van der Waals surface area contributed by atoms with E-state index in [1.54, 1.807) is 24.3 Å². The molecule has 1 amide bonds. The molecule has 0 radical (unpaired) electrons. The van der Waals surface area contributed by atoms with Crippen molar-refractivity contribution in [2.75, 3.05) is 13.1 Å². The van der Waals surface area contributed by atoms with E-state index < -0.39 is 0 Å². The van der Waals surface area contributed by atoms with Crippen LogP contribution >= 0.6 is 11.6 Å². The molecule has 0 unspecified atom stereocenters. The Morgan fingerprint density at radius 2 is 1.68 bits per heavy atom. The third-order valence-electron chi connectivity index (χ3n) is 2.65. The van der Waals surface area contributed by atoms with E-state index in [1.807, 2.05) is 0 Å². The average Bonchev–Trinajstić information content (AvgIpc) is 2.33. The van der Waals surface area contributed by atoms with Crippen molar-refractivity contribution in [2.45, 2.75) is 39.2 Å². The van der Waals surface area contributed by atoms with E-state index in [9.17, 15) is 4.79 Å². The Kier molecular flexibility index (Phi) is 6.32. The molecule has 4 heteroatoms. The molecular weight excluding hydrogens is 260 g/mol. The second-order valence-corrected chi connectivity index (χ2v) is 6.08. The summed E-state index contributed by atoms with van der Waals surface area (Å²) in [6, 6.07) is 6.92. The fourth-order valence-electron chi connectivity index (χ4n) is 1.62. The van der Waals surface area contributed by atoms with E-state index in [2.05, 4.69) is 31.4 Å². The zero-order chi connectivity index (χ0) is 14.3. The Morgan fingerprint density at radius 1 is 1.11 bits per heavy atom. The number of amides is 1. The lowest BCUT2D eigenvalue weighted by molar-refractivity contribution is 0.0953. The molecule has 0 saturated carbocycles. The lowest BCUT2D eigenvalue weighted by Gasteiger charge is -2.20. The van der Waals surface area contributed by atoms with Crippen LogP contribution in [0, 0.1) is 0 Å². The van der Waals surface area contributed by atoms with Gasteiger partial charge in [0.25, 0.3) is 5.91 Å². The predicted molar refractivity (Wildman–Crippen MR) is 80.8 cm³/mol. The minimum Gasteiger partial charge on any atom is -0.352 e. The van der Waals surface area contributed by atoms with Gasteiger partial charge < -0.3 is 10.6 Å². The molecule has 19 heavy (non-hydrogen) atoms. The van der Waals surface area contributed by atoms with Crippen molar-refractivity contribution in [3.8, 4) is 0 Å². The summed E-state index contributed by atoms with van der Waals surface area (Å²) in [6.07, 6.45) is 2.03. The highest BCUT2D eigenvalue weighted by Crippen LogP contribution is 2.09. The van der Waals surface area contributed by atoms with Gasteiger partial charge >= 0.3 is 0 Å². The first-order chi connectivity index (χ1) is 8.88. The topological polar surface area (TPSA) is 41.1 Å². The van der Waals surface area contributed by atoms with Crippen LogP contribution in [-0.4, -0.2) is 24.5 Å². The Balaban J connectivity index is 2.16. The number of unbranched alkanes of at least 4 members (excludes halogenated alkanes) is 1. The van der Waals surface area contributed by atoms with Gasteiger partial charge in [0.2, 0.25) is 0 Å². The molecule has 0 fully saturated rings. The van der Waals surface area contributed by atoms with Crippen molar-refractivity contribution in [1.82, 2.24) is 10.6 Å². The van der Waals surface area contributed by atoms with Crippen molar-refractivity contribution in [1.29, 1.82) is 0 Å². The fourth-order valence-corrected chi connectivity index (χ4v) is 1.74. The van der Waals surface area contributed by atoms with E-state index in [0.717, 1.165) is 19.4 Å². The highest BCUT2D eigenvalue weighted by molar-refractivity contribution is 6.30. The van der Waals surface area contributed by atoms with Crippen LogP contribution in [-0.2, 0) is 0 Å².